The number of hydrogen-bond acceptors (Lipinski definition) is 3. The van der Waals surface area contributed by atoms with Crippen LogP contribution in [0.4, 0.5) is 0 Å². The third kappa shape index (κ3) is 3.88. The van der Waals surface area contributed by atoms with Crippen molar-refractivity contribution in [2.45, 2.75) is 63.7 Å². The van der Waals surface area contributed by atoms with E-state index < -0.39 is 5.54 Å². The first kappa shape index (κ1) is 21.6. The minimum Gasteiger partial charge on any atom is -0.497 e. The normalized spacial score (nSPS) is 21.2. The molecule has 5 rings (SSSR count). The molecule has 0 spiro atoms. The van der Waals surface area contributed by atoms with Crippen molar-refractivity contribution >= 4 is 22.7 Å². The van der Waals surface area contributed by atoms with Crippen molar-refractivity contribution in [1.29, 1.82) is 0 Å². The second kappa shape index (κ2) is 8.58. The van der Waals surface area contributed by atoms with Crippen LogP contribution in [0, 0.1) is 0 Å². The Morgan fingerprint density at radius 2 is 1.85 bits per heavy atom. The fraction of sp³-hybridized carbons (Fsp3) is 0.407. The molecular weight excluding hydrogens is 414 g/mol. The maximum absolute atomic E-state index is 13.9. The average molecular weight is 446 g/mol. The zero-order chi connectivity index (χ0) is 23.0. The summed E-state index contributed by atoms with van der Waals surface area (Å²) in [6.07, 6.45) is 5.51. The van der Waals surface area contributed by atoms with E-state index in [1.807, 2.05) is 66.1 Å². The highest BCUT2D eigenvalue weighted by molar-refractivity contribution is 6.03. The zero-order valence-electron chi connectivity index (χ0n) is 19.3. The SMILES string of the molecule is COc1ccc2cc3n(c2c1)C[C@](C)(C(=O)NC1CCCCC1)N(Cc1ccccc1)C3=O. The lowest BCUT2D eigenvalue weighted by Gasteiger charge is -2.45. The van der Waals surface area contributed by atoms with Gasteiger partial charge in [0, 0.05) is 24.0 Å². The summed E-state index contributed by atoms with van der Waals surface area (Å²) >= 11 is 0. The molecule has 1 N–H and O–H groups in total. The van der Waals surface area contributed by atoms with Gasteiger partial charge in [-0.1, -0.05) is 49.6 Å². The molecule has 2 heterocycles. The van der Waals surface area contributed by atoms with Gasteiger partial charge in [0.05, 0.1) is 19.2 Å². The standard InChI is InChI=1S/C27H31N3O3/c1-27(26(32)28-21-11-7-4-8-12-21)18-29-23-16-22(33-2)14-13-20(23)15-24(29)25(31)30(27)17-19-9-5-3-6-10-19/h3,5-6,9-10,13-16,21H,4,7-8,11-12,17-18H2,1-2H3,(H,28,32)/t27-/m1/s1. The van der Waals surface area contributed by atoms with Gasteiger partial charge in [-0.25, -0.2) is 0 Å². The summed E-state index contributed by atoms with van der Waals surface area (Å²) in [6.45, 7) is 2.69. The molecular formula is C27H31N3O3. The highest BCUT2D eigenvalue weighted by atomic mass is 16.5. The number of fused-ring (bicyclic) bond motifs is 3. The first-order chi connectivity index (χ1) is 16.0. The van der Waals surface area contributed by atoms with Crippen LogP contribution >= 0.6 is 0 Å². The largest absolute Gasteiger partial charge is 0.497 e. The lowest BCUT2D eigenvalue weighted by atomic mass is 9.91. The number of amides is 2. The molecule has 6 heteroatoms. The number of aromatic nitrogens is 1. The predicted molar refractivity (Wildman–Crippen MR) is 128 cm³/mol. The van der Waals surface area contributed by atoms with E-state index in [1.54, 1.807) is 12.0 Å². The maximum Gasteiger partial charge on any atom is 0.271 e. The van der Waals surface area contributed by atoms with Gasteiger partial charge in [0.1, 0.15) is 17.0 Å². The average Bonchev–Trinajstić information content (AvgIpc) is 3.20. The summed E-state index contributed by atoms with van der Waals surface area (Å²) in [7, 11) is 1.63. The van der Waals surface area contributed by atoms with E-state index in [0.29, 0.717) is 18.8 Å². The monoisotopic (exact) mass is 445 g/mol. The Morgan fingerprint density at radius 1 is 1.09 bits per heavy atom. The molecule has 1 atom stereocenters. The molecule has 2 amide bonds. The molecule has 1 fully saturated rings. The molecule has 0 saturated heterocycles. The van der Waals surface area contributed by atoms with Gasteiger partial charge >= 0.3 is 0 Å². The lowest BCUT2D eigenvalue weighted by Crippen LogP contribution is -2.64. The Labute approximate surface area is 194 Å². The van der Waals surface area contributed by atoms with Crippen LogP contribution in [0.3, 0.4) is 0 Å². The number of ether oxygens (including phenoxy) is 1. The minimum atomic E-state index is -1.01. The number of nitrogens with zero attached hydrogens (tertiary/aromatic N) is 2. The smallest absolute Gasteiger partial charge is 0.271 e. The molecule has 1 aliphatic carbocycles. The van der Waals surface area contributed by atoms with E-state index >= 15 is 0 Å². The molecule has 0 radical (unpaired) electrons. The van der Waals surface area contributed by atoms with Gasteiger partial charge in [-0.15, -0.1) is 0 Å². The van der Waals surface area contributed by atoms with Crippen LogP contribution < -0.4 is 10.1 Å². The molecule has 33 heavy (non-hydrogen) atoms. The van der Waals surface area contributed by atoms with E-state index in [4.69, 9.17) is 4.74 Å². The van der Waals surface area contributed by atoms with Crippen molar-refractivity contribution < 1.29 is 14.3 Å². The summed E-state index contributed by atoms with van der Waals surface area (Å²) in [6, 6.07) is 17.8. The second-order valence-corrected chi connectivity index (χ2v) is 9.50. The Kier molecular flexibility index (Phi) is 5.60. The third-order valence-corrected chi connectivity index (χ3v) is 7.25. The number of carbonyl (C=O) groups is 2. The van der Waals surface area contributed by atoms with Crippen molar-refractivity contribution in [1.82, 2.24) is 14.8 Å². The lowest BCUT2D eigenvalue weighted by molar-refractivity contribution is -0.134. The summed E-state index contributed by atoms with van der Waals surface area (Å²) < 4.78 is 7.41. The van der Waals surface area contributed by atoms with E-state index in [2.05, 4.69) is 5.32 Å². The highest BCUT2D eigenvalue weighted by Crippen LogP contribution is 2.35. The molecule has 1 saturated carbocycles. The molecule has 172 valence electrons. The summed E-state index contributed by atoms with van der Waals surface area (Å²) in [5.74, 6) is 0.534. The van der Waals surface area contributed by atoms with E-state index in [-0.39, 0.29) is 17.9 Å². The van der Waals surface area contributed by atoms with Crippen molar-refractivity contribution in [3.05, 3.63) is 65.9 Å². The van der Waals surface area contributed by atoms with Gasteiger partial charge in [-0.05, 0) is 43.5 Å². The molecule has 1 aliphatic heterocycles. The van der Waals surface area contributed by atoms with Crippen LogP contribution in [-0.4, -0.2) is 40.0 Å². The fourth-order valence-electron chi connectivity index (χ4n) is 5.26. The van der Waals surface area contributed by atoms with Crippen molar-refractivity contribution in [3.8, 4) is 5.75 Å². The van der Waals surface area contributed by atoms with Gasteiger partial charge < -0.3 is 19.5 Å². The van der Waals surface area contributed by atoms with Crippen molar-refractivity contribution in [3.63, 3.8) is 0 Å². The minimum absolute atomic E-state index is 0.0749. The Hall–Kier alpha value is -3.28. The van der Waals surface area contributed by atoms with Crippen LogP contribution in [0.5, 0.6) is 5.75 Å². The fourth-order valence-corrected chi connectivity index (χ4v) is 5.26. The number of benzene rings is 2. The molecule has 3 aromatic rings. The Morgan fingerprint density at radius 3 is 2.58 bits per heavy atom. The molecule has 2 aromatic carbocycles. The summed E-state index contributed by atoms with van der Waals surface area (Å²) in [5.41, 5.74) is 1.52. The summed E-state index contributed by atoms with van der Waals surface area (Å²) in [5, 5.41) is 4.26. The van der Waals surface area contributed by atoms with E-state index in [1.165, 1.54) is 6.42 Å². The highest BCUT2D eigenvalue weighted by Gasteiger charge is 2.48. The van der Waals surface area contributed by atoms with Gasteiger partial charge in [0.2, 0.25) is 5.91 Å². The van der Waals surface area contributed by atoms with E-state index in [9.17, 15) is 9.59 Å². The van der Waals surface area contributed by atoms with Gasteiger partial charge in [-0.2, -0.15) is 0 Å². The van der Waals surface area contributed by atoms with Gasteiger partial charge in [0.25, 0.3) is 5.91 Å². The number of hydrogen-bond donors (Lipinski definition) is 1. The van der Waals surface area contributed by atoms with Crippen LogP contribution in [-0.2, 0) is 17.9 Å². The maximum atomic E-state index is 13.9. The number of carbonyl (C=O) groups excluding carboxylic acids is 2. The molecule has 0 bridgehead atoms. The van der Waals surface area contributed by atoms with Crippen LogP contribution in [0.2, 0.25) is 0 Å². The quantitative estimate of drug-likeness (QED) is 0.628. The van der Waals surface area contributed by atoms with Crippen LogP contribution in [0.1, 0.15) is 55.1 Å². The first-order valence-electron chi connectivity index (χ1n) is 11.8. The summed E-state index contributed by atoms with van der Waals surface area (Å²) in [4.78, 5) is 29.4. The van der Waals surface area contributed by atoms with Crippen molar-refractivity contribution in [2.75, 3.05) is 7.11 Å². The number of rotatable bonds is 5. The van der Waals surface area contributed by atoms with Gasteiger partial charge in [0.15, 0.2) is 0 Å². The molecule has 1 aromatic heterocycles. The van der Waals surface area contributed by atoms with E-state index in [0.717, 1.165) is 47.9 Å². The molecule has 2 aliphatic rings. The molecule has 0 unspecified atom stereocenters. The first-order valence-corrected chi connectivity index (χ1v) is 11.8. The predicted octanol–water partition coefficient (Wildman–Crippen LogP) is 4.51. The zero-order valence-corrected chi connectivity index (χ0v) is 19.3. The topological polar surface area (TPSA) is 63.6 Å². The number of nitrogens with one attached hydrogen (secondary N) is 1. The van der Waals surface area contributed by atoms with Crippen molar-refractivity contribution in [2.24, 2.45) is 0 Å². The Balaban J connectivity index is 1.56. The molecule has 6 nitrogen and oxygen atoms in total. The third-order valence-electron chi connectivity index (χ3n) is 7.25. The van der Waals surface area contributed by atoms with Gasteiger partial charge in [-0.3, -0.25) is 9.59 Å². The number of methoxy groups -OCH3 is 1. The Bertz CT molecular complexity index is 1180. The van der Waals surface area contributed by atoms with Crippen LogP contribution in [0.25, 0.3) is 10.9 Å². The van der Waals surface area contributed by atoms with Crippen LogP contribution in [0.15, 0.2) is 54.6 Å². The second-order valence-electron chi connectivity index (χ2n) is 9.50.